The second-order valence-electron chi connectivity index (χ2n) is 5.99. The smallest absolute Gasteiger partial charge is 0.125 e. The fourth-order valence-electron chi connectivity index (χ4n) is 3.88. The Bertz CT molecular complexity index is 247. The first-order chi connectivity index (χ1) is 6.45. The van der Waals surface area contributed by atoms with Gasteiger partial charge >= 0.3 is 0 Å². The first-order valence-electron chi connectivity index (χ1n) is 5.63. The van der Waals surface area contributed by atoms with Crippen molar-refractivity contribution in [1.82, 2.24) is 0 Å². The largest absolute Gasteiger partial charge is 0.390 e. The van der Waals surface area contributed by atoms with Crippen LogP contribution in [-0.4, -0.2) is 17.0 Å². The van der Waals surface area contributed by atoms with Gasteiger partial charge in [-0.2, -0.15) is 0 Å². The highest BCUT2D eigenvalue weighted by Gasteiger charge is 2.48. The summed E-state index contributed by atoms with van der Waals surface area (Å²) < 4.78 is 0. The summed E-state index contributed by atoms with van der Waals surface area (Å²) in [5.74, 6) is 1.18. The lowest BCUT2D eigenvalue weighted by Gasteiger charge is -2.50. The number of hydrogen-bond donors (Lipinski definition) is 1. The minimum Gasteiger partial charge on any atom is -0.390 e. The Morgan fingerprint density at radius 3 is 2.64 bits per heavy atom. The second kappa shape index (κ2) is 3.06. The fraction of sp³-hybridized carbons (Fsp3) is 0.917. The van der Waals surface area contributed by atoms with Gasteiger partial charge in [-0.05, 0) is 43.9 Å². The number of aldehydes is 1. The van der Waals surface area contributed by atoms with Crippen LogP contribution in [0.15, 0.2) is 0 Å². The van der Waals surface area contributed by atoms with Gasteiger partial charge in [0, 0.05) is 5.41 Å². The molecule has 2 nitrogen and oxygen atoms in total. The first-order valence-corrected chi connectivity index (χ1v) is 5.63. The molecule has 2 heteroatoms. The molecule has 2 saturated carbocycles. The zero-order valence-corrected chi connectivity index (χ0v) is 9.12. The average Bonchev–Trinajstić information content (AvgIpc) is 1.99. The molecule has 0 saturated heterocycles. The zero-order chi connectivity index (χ0) is 10.4. The van der Waals surface area contributed by atoms with Crippen LogP contribution in [0.4, 0.5) is 0 Å². The lowest BCUT2D eigenvalue weighted by atomic mass is 9.58. The van der Waals surface area contributed by atoms with E-state index in [4.69, 9.17) is 0 Å². The Morgan fingerprint density at radius 2 is 2.07 bits per heavy atom. The fourth-order valence-corrected chi connectivity index (χ4v) is 3.88. The van der Waals surface area contributed by atoms with Crippen LogP contribution in [0, 0.1) is 17.3 Å². The van der Waals surface area contributed by atoms with Crippen molar-refractivity contribution in [2.75, 3.05) is 0 Å². The third kappa shape index (κ3) is 1.72. The monoisotopic (exact) mass is 196 g/mol. The maximum Gasteiger partial charge on any atom is 0.125 e. The van der Waals surface area contributed by atoms with Crippen molar-refractivity contribution >= 4 is 6.29 Å². The number of fused-ring (bicyclic) bond motifs is 2. The molecule has 0 heterocycles. The van der Waals surface area contributed by atoms with Crippen LogP contribution in [0.2, 0.25) is 0 Å². The van der Waals surface area contributed by atoms with Crippen LogP contribution in [0.25, 0.3) is 0 Å². The van der Waals surface area contributed by atoms with Crippen molar-refractivity contribution in [2.24, 2.45) is 17.3 Å². The molecule has 0 aromatic rings. The van der Waals surface area contributed by atoms with Gasteiger partial charge in [-0.25, -0.2) is 0 Å². The highest BCUT2D eigenvalue weighted by atomic mass is 16.3. The third-order valence-corrected chi connectivity index (χ3v) is 3.91. The minimum absolute atomic E-state index is 0.266. The number of rotatable bonds is 1. The maximum atomic E-state index is 11.0. The van der Waals surface area contributed by atoms with Crippen LogP contribution < -0.4 is 0 Å². The molecule has 2 aliphatic carbocycles. The molecule has 0 amide bonds. The maximum absolute atomic E-state index is 11.0. The standard InChI is InChI=1S/C12H20O2/c1-9-3-10-5-11(2,8-13)7-12(14,4-9)6-10/h8-10,14H,3-7H2,1-2H3. The quantitative estimate of drug-likeness (QED) is 0.652. The Balaban J connectivity index is 2.20. The topological polar surface area (TPSA) is 37.3 Å². The van der Waals surface area contributed by atoms with E-state index < -0.39 is 5.60 Å². The molecule has 80 valence electrons. The van der Waals surface area contributed by atoms with Gasteiger partial charge in [0.25, 0.3) is 0 Å². The predicted molar refractivity (Wildman–Crippen MR) is 54.9 cm³/mol. The Morgan fingerprint density at radius 1 is 1.36 bits per heavy atom. The van der Waals surface area contributed by atoms with Gasteiger partial charge in [-0.15, -0.1) is 0 Å². The summed E-state index contributed by atoms with van der Waals surface area (Å²) in [4.78, 5) is 11.0. The van der Waals surface area contributed by atoms with Crippen LogP contribution >= 0.6 is 0 Å². The molecule has 0 aromatic heterocycles. The summed E-state index contributed by atoms with van der Waals surface area (Å²) in [7, 11) is 0. The van der Waals surface area contributed by atoms with E-state index in [1.165, 1.54) is 6.42 Å². The highest BCUT2D eigenvalue weighted by Crippen LogP contribution is 2.51. The summed E-state index contributed by atoms with van der Waals surface area (Å²) in [6.45, 7) is 4.20. The van der Waals surface area contributed by atoms with Crippen molar-refractivity contribution in [3.8, 4) is 0 Å². The molecule has 0 aromatic carbocycles. The lowest BCUT2D eigenvalue weighted by molar-refractivity contribution is -0.136. The summed E-state index contributed by atoms with van der Waals surface area (Å²) >= 11 is 0. The van der Waals surface area contributed by atoms with Gasteiger partial charge in [-0.1, -0.05) is 13.8 Å². The number of carbonyl (C=O) groups excluding carboxylic acids is 1. The van der Waals surface area contributed by atoms with Crippen LogP contribution in [-0.2, 0) is 4.79 Å². The third-order valence-electron chi connectivity index (χ3n) is 3.91. The van der Waals surface area contributed by atoms with Crippen molar-refractivity contribution in [2.45, 2.75) is 51.6 Å². The van der Waals surface area contributed by atoms with E-state index >= 15 is 0 Å². The number of aliphatic hydroxyl groups is 1. The van der Waals surface area contributed by atoms with Crippen molar-refractivity contribution < 1.29 is 9.90 Å². The summed E-state index contributed by atoms with van der Waals surface area (Å²) in [6.07, 6.45) is 5.69. The van der Waals surface area contributed by atoms with E-state index in [0.717, 1.165) is 25.5 Å². The van der Waals surface area contributed by atoms with Gasteiger partial charge in [0.1, 0.15) is 6.29 Å². The molecule has 0 radical (unpaired) electrons. The number of hydrogen-bond acceptors (Lipinski definition) is 2. The molecule has 4 atom stereocenters. The lowest BCUT2D eigenvalue weighted by Crippen LogP contribution is -2.48. The average molecular weight is 196 g/mol. The molecule has 4 unspecified atom stereocenters. The Hall–Kier alpha value is -0.370. The zero-order valence-electron chi connectivity index (χ0n) is 9.12. The summed E-state index contributed by atoms with van der Waals surface area (Å²) in [5.41, 5.74) is -0.811. The summed E-state index contributed by atoms with van der Waals surface area (Å²) in [6, 6.07) is 0. The SMILES string of the molecule is CC1CC2CC(C)(C=O)CC(O)(C1)C2. The van der Waals surface area contributed by atoms with E-state index in [2.05, 4.69) is 6.92 Å². The van der Waals surface area contributed by atoms with E-state index in [1.807, 2.05) is 6.92 Å². The number of carbonyl (C=O) groups is 1. The molecule has 2 rings (SSSR count). The summed E-state index contributed by atoms with van der Waals surface area (Å²) in [5, 5.41) is 10.4. The molecule has 1 N–H and O–H groups in total. The van der Waals surface area contributed by atoms with E-state index in [0.29, 0.717) is 18.3 Å². The molecule has 0 spiro atoms. The normalized spacial score (nSPS) is 52.8. The van der Waals surface area contributed by atoms with Crippen molar-refractivity contribution in [3.63, 3.8) is 0 Å². The van der Waals surface area contributed by atoms with Crippen LogP contribution in [0.1, 0.15) is 46.0 Å². The van der Waals surface area contributed by atoms with Gasteiger partial charge in [0.15, 0.2) is 0 Å². The van der Waals surface area contributed by atoms with Crippen LogP contribution in [0.5, 0.6) is 0 Å². The second-order valence-corrected chi connectivity index (χ2v) is 5.99. The van der Waals surface area contributed by atoms with E-state index in [-0.39, 0.29) is 5.41 Å². The Kier molecular flexibility index (Phi) is 2.22. The van der Waals surface area contributed by atoms with Gasteiger partial charge in [0.2, 0.25) is 0 Å². The Labute approximate surface area is 85.7 Å². The highest BCUT2D eigenvalue weighted by molar-refractivity contribution is 5.59. The molecular weight excluding hydrogens is 176 g/mol. The molecule has 2 aliphatic rings. The predicted octanol–water partition coefficient (Wildman–Crippen LogP) is 2.15. The van der Waals surface area contributed by atoms with Gasteiger partial charge in [-0.3, -0.25) is 0 Å². The molecule has 2 bridgehead atoms. The van der Waals surface area contributed by atoms with Crippen molar-refractivity contribution in [1.29, 1.82) is 0 Å². The molecule has 2 fully saturated rings. The molecular formula is C12H20O2. The van der Waals surface area contributed by atoms with Gasteiger partial charge in [0.05, 0.1) is 5.60 Å². The minimum atomic E-state index is -0.545. The first kappa shape index (κ1) is 10.2. The van der Waals surface area contributed by atoms with Crippen molar-refractivity contribution in [3.05, 3.63) is 0 Å². The molecule has 0 aliphatic heterocycles. The van der Waals surface area contributed by atoms with E-state index in [1.54, 1.807) is 0 Å². The van der Waals surface area contributed by atoms with E-state index in [9.17, 15) is 9.90 Å². The van der Waals surface area contributed by atoms with Gasteiger partial charge < -0.3 is 9.90 Å². The van der Waals surface area contributed by atoms with Crippen LogP contribution in [0.3, 0.4) is 0 Å². The molecule has 14 heavy (non-hydrogen) atoms.